The molecule has 1 heterocycles. The molecule has 0 aromatic heterocycles. The fourth-order valence-electron chi connectivity index (χ4n) is 3.54. The number of nitrogens with zero attached hydrogens (tertiary/aromatic N) is 1. The van der Waals surface area contributed by atoms with Crippen LogP contribution in [0.1, 0.15) is 22.7 Å². The van der Waals surface area contributed by atoms with Crippen molar-refractivity contribution in [3.8, 4) is 0 Å². The van der Waals surface area contributed by atoms with Crippen molar-refractivity contribution in [1.82, 2.24) is 0 Å². The number of hydrogen-bond donors (Lipinski definition) is 0. The van der Waals surface area contributed by atoms with Gasteiger partial charge in [0.1, 0.15) is 0 Å². The molecule has 4 heteroatoms. The lowest BCUT2D eigenvalue weighted by molar-refractivity contribution is 0.653. The molecule has 1 aliphatic heterocycles. The fraction of sp³-hybridized carbons (Fsp3) is 0.143. The average Bonchev–Trinajstić information content (AvgIpc) is 2.62. The van der Waals surface area contributed by atoms with Gasteiger partial charge in [-0.2, -0.15) is 0 Å². The molecule has 1 nitrogen and oxygen atoms in total. The van der Waals surface area contributed by atoms with Crippen LogP contribution in [-0.2, 0) is 6.42 Å². The number of rotatable bonds is 2. The Morgan fingerprint density at radius 3 is 2.24 bits per heavy atom. The van der Waals surface area contributed by atoms with Crippen LogP contribution >= 0.6 is 34.8 Å². The van der Waals surface area contributed by atoms with Crippen LogP contribution in [0, 0.1) is 0 Å². The van der Waals surface area contributed by atoms with E-state index in [4.69, 9.17) is 34.8 Å². The van der Waals surface area contributed by atoms with E-state index >= 15 is 0 Å². The summed E-state index contributed by atoms with van der Waals surface area (Å²) in [5.41, 5.74) is 4.85. The van der Waals surface area contributed by atoms with Crippen LogP contribution in [0.5, 0.6) is 0 Å². The van der Waals surface area contributed by atoms with Crippen molar-refractivity contribution in [2.24, 2.45) is 0 Å². The van der Waals surface area contributed by atoms with Crippen molar-refractivity contribution in [2.75, 3.05) is 11.4 Å². The van der Waals surface area contributed by atoms with Crippen LogP contribution < -0.4 is 4.90 Å². The smallest absolute Gasteiger partial charge is 0.0813 e. The quantitative estimate of drug-likeness (QED) is 0.466. The normalized spacial score (nSPS) is 16.6. The maximum absolute atomic E-state index is 6.58. The van der Waals surface area contributed by atoms with Crippen molar-refractivity contribution >= 4 is 40.5 Å². The molecule has 126 valence electrons. The summed E-state index contributed by atoms with van der Waals surface area (Å²) in [6.07, 6.45) is 1.00. The maximum atomic E-state index is 6.58. The van der Waals surface area contributed by atoms with E-state index in [-0.39, 0.29) is 6.04 Å². The number of benzene rings is 3. The molecule has 1 aliphatic rings. The molecule has 0 fully saturated rings. The van der Waals surface area contributed by atoms with Gasteiger partial charge in [0.25, 0.3) is 0 Å². The summed E-state index contributed by atoms with van der Waals surface area (Å²) in [4.78, 5) is 2.38. The molecule has 1 unspecified atom stereocenters. The van der Waals surface area contributed by atoms with Crippen molar-refractivity contribution in [3.05, 3.63) is 98.5 Å². The van der Waals surface area contributed by atoms with Gasteiger partial charge in [-0.25, -0.2) is 0 Å². The highest BCUT2D eigenvalue weighted by Crippen LogP contribution is 2.41. The Morgan fingerprint density at radius 1 is 0.760 bits per heavy atom. The fourth-order valence-corrected chi connectivity index (χ4v) is 4.17. The lowest BCUT2D eigenvalue weighted by atomic mass is 9.87. The van der Waals surface area contributed by atoms with Gasteiger partial charge in [-0.15, -0.1) is 0 Å². The Bertz CT molecular complexity index is 905. The summed E-state index contributed by atoms with van der Waals surface area (Å²) in [5.74, 6) is 0. The minimum Gasteiger partial charge on any atom is -0.360 e. The van der Waals surface area contributed by atoms with E-state index in [1.165, 1.54) is 11.1 Å². The Kier molecular flexibility index (Phi) is 4.64. The number of hydrogen-bond acceptors (Lipinski definition) is 1. The van der Waals surface area contributed by atoms with E-state index in [1.807, 2.05) is 30.3 Å². The van der Waals surface area contributed by atoms with Crippen molar-refractivity contribution in [1.29, 1.82) is 0 Å². The highest BCUT2D eigenvalue weighted by molar-refractivity contribution is 6.35. The van der Waals surface area contributed by atoms with Crippen LogP contribution in [0.4, 0.5) is 5.69 Å². The predicted octanol–water partition coefficient (Wildman–Crippen LogP) is 6.80. The van der Waals surface area contributed by atoms with Gasteiger partial charge in [0.15, 0.2) is 0 Å². The lowest BCUT2D eigenvalue weighted by Crippen LogP contribution is -2.36. The van der Waals surface area contributed by atoms with E-state index in [9.17, 15) is 0 Å². The van der Waals surface area contributed by atoms with Gasteiger partial charge in [0, 0.05) is 27.3 Å². The largest absolute Gasteiger partial charge is 0.360 e. The topological polar surface area (TPSA) is 3.24 Å². The summed E-state index contributed by atoms with van der Waals surface area (Å²) >= 11 is 18.8. The Labute approximate surface area is 162 Å². The van der Waals surface area contributed by atoms with E-state index in [2.05, 4.69) is 41.3 Å². The summed E-state index contributed by atoms with van der Waals surface area (Å²) < 4.78 is 0. The first-order chi connectivity index (χ1) is 12.1. The van der Waals surface area contributed by atoms with Gasteiger partial charge >= 0.3 is 0 Å². The van der Waals surface area contributed by atoms with Gasteiger partial charge < -0.3 is 4.90 Å². The Balaban J connectivity index is 1.87. The third-order valence-electron chi connectivity index (χ3n) is 4.70. The van der Waals surface area contributed by atoms with E-state index in [0.29, 0.717) is 10.0 Å². The average molecular weight is 389 g/mol. The van der Waals surface area contributed by atoms with Gasteiger partial charge in [0.2, 0.25) is 0 Å². The molecule has 0 radical (unpaired) electrons. The minimum absolute atomic E-state index is 0.0518. The number of fused-ring (bicyclic) bond motifs is 1. The van der Waals surface area contributed by atoms with Crippen LogP contribution in [0.2, 0.25) is 15.1 Å². The first kappa shape index (κ1) is 16.8. The third-order valence-corrected chi connectivity index (χ3v) is 5.51. The molecular formula is C21H16Cl3N. The molecule has 0 amide bonds. The molecule has 25 heavy (non-hydrogen) atoms. The van der Waals surface area contributed by atoms with Gasteiger partial charge in [-0.05, 0) is 59.5 Å². The second-order valence-electron chi connectivity index (χ2n) is 6.19. The zero-order valence-electron chi connectivity index (χ0n) is 13.4. The van der Waals surface area contributed by atoms with Gasteiger partial charge in [0.05, 0.1) is 6.04 Å². The molecule has 0 bridgehead atoms. The van der Waals surface area contributed by atoms with Crippen LogP contribution in [0.15, 0.2) is 66.7 Å². The zero-order chi connectivity index (χ0) is 17.4. The van der Waals surface area contributed by atoms with Crippen LogP contribution in [-0.4, -0.2) is 6.54 Å². The molecule has 4 rings (SSSR count). The van der Waals surface area contributed by atoms with Gasteiger partial charge in [-0.3, -0.25) is 0 Å². The summed E-state index contributed by atoms with van der Waals surface area (Å²) in [6, 6.07) is 22.3. The Morgan fingerprint density at radius 2 is 1.48 bits per heavy atom. The molecule has 3 aromatic rings. The minimum atomic E-state index is 0.0518. The second-order valence-corrected chi connectivity index (χ2v) is 7.47. The third kappa shape index (κ3) is 3.25. The number of halogens is 3. The molecule has 0 spiro atoms. The molecule has 1 atom stereocenters. The first-order valence-corrected chi connectivity index (χ1v) is 9.32. The molecule has 3 aromatic carbocycles. The predicted molar refractivity (Wildman–Crippen MR) is 107 cm³/mol. The summed E-state index contributed by atoms with van der Waals surface area (Å²) in [5, 5.41) is 2.08. The standard InChI is InChI=1S/C21H16Cl3N/c22-15-5-8-17(9-6-15)25-12-11-14-3-1-2-4-18(14)21(25)19-10-7-16(23)13-20(19)24/h1-10,13,21H,11-12H2. The molecule has 0 N–H and O–H groups in total. The highest BCUT2D eigenvalue weighted by Gasteiger charge is 2.30. The molecule has 0 saturated heterocycles. The van der Waals surface area contributed by atoms with Crippen molar-refractivity contribution in [2.45, 2.75) is 12.5 Å². The van der Waals surface area contributed by atoms with Gasteiger partial charge in [-0.1, -0.05) is 65.1 Å². The Hall–Kier alpha value is -1.67. The summed E-state index contributed by atoms with van der Waals surface area (Å²) in [7, 11) is 0. The molecule has 0 aliphatic carbocycles. The van der Waals surface area contributed by atoms with E-state index in [0.717, 1.165) is 29.2 Å². The van der Waals surface area contributed by atoms with Crippen LogP contribution in [0.25, 0.3) is 0 Å². The van der Waals surface area contributed by atoms with Crippen LogP contribution in [0.3, 0.4) is 0 Å². The van der Waals surface area contributed by atoms with E-state index < -0.39 is 0 Å². The highest BCUT2D eigenvalue weighted by atomic mass is 35.5. The van der Waals surface area contributed by atoms with E-state index in [1.54, 1.807) is 0 Å². The first-order valence-electron chi connectivity index (χ1n) is 8.18. The zero-order valence-corrected chi connectivity index (χ0v) is 15.7. The van der Waals surface area contributed by atoms with Crippen molar-refractivity contribution in [3.63, 3.8) is 0 Å². The maximum Gasteiger partial charge on any atom is 0.0813 e. The molecular weight excluding hydrogens is 373 g/mol. The monoisotopic (exact) mass is 387 g/mol. The SMILES string of the molecule is Clc1ccc(N2CCc3ccccc3C2c2ccc(Cl)cc2Cl)cc1. The lowest BCUT2D eigenvalue weighted by Gasteiger charge is -2.39. The van der Waals surface area contributed by atoms with Crippen molar-refractivity contribution < 1.29 is 0 Å². The second kappa shape index (κ2) is 6.92. The summed E-state index contributed by atoms with van der Waals surface area (Å²) in [6.45, 7) is 0.919. The number of anilines is 1. The molecule has 0 saturated carbocycles.